The number of hydrogen-bond donors (Lipinski definition) is 2. The minimum atomic E-state index is 0.0269. The van der Waals surface area contributed by atoms with Gasteiger partial charge in [0.15, 0.2) is 5.75 Å². The van der Waals surface area contributed by atoms with Gasteiger partial charge in [-0.25, -0.2) is 9.97 Å². The third-order valence-electron chi connectivity index (χ3n) is 6.50. The van der Waals surface area contributed by atoms with Gasteiger partial charge >= 0.3 is 0 Å². The lowest BCUT2D eigenvalue weighted by Crippen LogP contribution is -2.27. The third-order valence-corrected chi connectivity index (χ3v) is 6.50. The van der Waals surface area contributed by atoms with Gasteiger partial charge in [-0.2, -0.15) is 10.2 Å². The fourth-order valence-electron chi connectivity index (χ4n) is 4.56. The van der Waals surface area contributed by atoms with E-state index in [1.807, 2.05) is 6.07 Å². The Kier molecular flexibility index (Phi) is 7.50. The number of nitriles is 1. The van der Waals surface area contributed by atoms with Crippen LogP contribution in [0.1, 0.15) is 42.7 Å². The van der Waals surface area contributed by atoms with Crippen LogP contribution in [0.15, 0.2) is 36.8 Å². The van der Waals surface area contributed by atoms with Gasteiger partial charge in [0.2, 0.25) is 5.88 Å². The summed E-state index contributed by atoms with van der Waals surface area (Å²) in [5.74, 6) is 2.73. The van der Waals surface area contributed by atoms with Crippen molar-refractivity contribution in [2.45, 2.75) is 37.7 Å². The highest BCUT2D eigenvalue weighted by molar-refractivity contribution is 5.64. The maximum absolute atomic E-state index is 9.68. The molecule has 0 aliphatic carbocycles. The van der Waals surface area contributed by atoms with Gasteiger partial charge in [0.25, 0.3) is 0 Å². The molecule has 2 fully saturated rings. The predicted molar refractivity (Wildman–Crippen MR) is 133 cm³/mol. The number of rotatable bonds is 7. The second-order valence-corrected chi connectivity index (χ2v) is 8.84. The Morgan fingerprint density at radius 1 is 1.03 bits per heavy atom. The summed E-state index contributed by atoms with van der Waals surface area (Å²) in [6, 6.07) is 9.69. The largest absolute Gasteiger partial charge is 0.487 e. The number of anilines is 2. The number of methoxy groups -OCH3 is 1. The Bertz CT molecular complexity index is 1230. The molecule has 0 amide bonds. The molecule has 0 radical (unpaired) electrons. The zero-order valence-electron chi connectivity index (χ0n) is 20.2. The number of pyridine rings is 2. The molecule has 5 heterocycles. The summed E-state index contributed by atoms with van der Waals surface area (Å²) in [5, 5.41) is 16.3. The zero-order valence-corrected chi connectivity index (χ0v) is 20.2. The van der Waals surface area contributed by atoms with Gasteiger partial charge in [-0.15, -0.1) is 0 Å². The molecular formula is C26H29N7O3. The van der Waals surface area contributed by atoms with Gasteiger partial charge < -0.3 is 24.8 Å². The monoisotopic (exact) mass is 487 g/mol. The first-order valence-corrected chi connectivity index (χ1v) is 12.2. The van der Waals surface area contributed by atoms with Gasteiger partial charge in [0.1, 0.15) is 30.1 Å². The van der Waals surface area contributed by atoms with Crippen molar-refractivity contribution >= 4 is 11.6 Å². The first-order valence-electron chi connectivity index (χ1n) is 12.2. The molecule has 0 spiro atoms. The Morgan fingerprint density at radius 2 is 1.83 bits per heavy atom. The molecule has 2 aliphatic heterocycles. The lowest BCUT2D eigenvalue weighted by Gasteiger charge is -2.24. The standard InChI is InChI=1S/C26H29N7O3/c1-34-26-20(17-4-8-28-9-5-17)2-3-24(33-26)32-25-13-22(30-16-31-25)21-12-18(14-27)23(15-29-21)36-19-6-10-35-11-7-19/h2-3,12-13,15-17,19,28H,4-11H2,1H3,(H,30,31,32,33). The van der Waals surface area contributed by atoms with Gasteiger partial charge in [0.05, 0.1) is 43.5 Å². The summed E-state index contributed by atoms with van der Waals surface area (Å²) < 4.78 is 17.0. The van der Waals surface area contributed by atoms with Crippen LogP contribution in [0, 0.1) is 11.3 Å². The average Bonchev–Trinajstić information content (AvgIpc) is 2.94. The molecule has 3 aromatic rings. The molecule has 0 atom stereocenters. The number of aromatic nitrogens is 4. The molecule has 0 bridgehead atoms. The van der Waals surface area contributed by atoms with Crippen molar-refractivity contribution in [3.8, 4) is 29.1 Å². The topological polar surface area (TPSA) is 127 Å². The minimum Gasteiger partial charge on any atom is -0.487 e. The third kappa shape index (κ3) is 5.53. The molecule has 2 N–H and O–H groups in total. The second-order valence-electron chi connectivity index (χ2n) is 8.84. The van der Waals surface area contributed by atoms with E-state index >= 15 is 0 Å². The number of ether oxygens (including phenoxy) is 3. The van der Waals surface area contributed by atoms with Crippen molar-refractivity contribution in [1.29, 1.82) is 5.26 Å². The summed E-state index contributed by atoms with van der Waals surface area (Å²) in [4.78, 5) is 17.8. The Labute approximate surface area is 210 Å². The number of hydrogen-bond acceptors (Lipinski definition) is 10. The first-order chi connectivity index (χ1) is 17.7. The summed E-state index contributed by atoms with van der Waals surface area (Å²) in [6.07, 6.45) is 6.80. The summed E-state index contributed by atoms with van der Waals surface area (Å²) in [7, 11) is 1.65. The van der Waals surface area contributed by atoms with Crippen LogP contribution in [0.4, 0.5) is 11.6 Å². The molecule has 36 heavy (non-hydrogen) atoms. The van der Waals surface area contributed by atoms with Crippen molar-refractivity contribution in [3.63, 3.8) is 0 Å². The number of piperidine rings is 1. The SMILES string of the molecule is COc1nc(Nc2cc(-c3cc(C#N)c(OC4CCOCC4)cn3)ncn2)ccc1C1CCNCC1. The molecule has 3 aromatic heterocycles. The normalized spacial score (nSPS) is 16.8. The van der Waals surface area contributed by atoms with Gasteiger partial charge in [-0.3, -0.25) is 4.98 Å². The second kappa shape index (κ2) is 11.3. The van der Waals surface area contributed by atoms with Crippen LogP contribution >= 0.6 is 0 Å². The molecule has 5 rings (SSSR count). The summed E-state index contributed by atoms with van der Waals surface area (Å²) in [6.45, 7) is 3.33. The first kappa shape index (κ1) is 23.9. The summed E-state index contributed by atoms with van der Waals surface area (Å²) in [5.41, 5.74) is 2.69. The fourth-order valence-corrected chi connectivity index (χ4v) is 4.56. The predicted octanol–water partition coefficient (Wildman–Crippen LogP) is 3.58. The molecule has 2 aliphatic rings. The van der Waals surface area contributed by atoms with Crippen molar-refractivity contribution in [3.05, 3.63) is 47.9 Å². The average molecular weight is 488 g/mol. The molecule has 186 valence electrons. The van der Waals surface area contributed by atoms with Crippen molar-refractivity contribution in [2.75, 3.05) is 38.7 Å². The summed E-state index contributed by atoms with van der Waals surface area (Å²) >= 11 is 0. The highest BCUT2D eigenvalue weighted by Gasteiger charge is 2.21. The highest BCUT2D eigenvalue weighted by Crippen LogP contribution is 2.33. The Hall–Kier alpha value is -3.81. The van der Waals surface area contributed by atoms with Crippen molar-refractivity contribution < 1.29 is 14.2 Å². The van der Waals surface area contributed by atoms with E-state index in [-0.39, 0.29) is 6.10 Å². The van der Waals surface area contributed by atoms with Crippen LogP contribution in [0.25, 0.3) is 11.4 Å². The van der Waals surface area contributed by atoms with E-state index in [1.165, 1.54) is 6.33 Å². The van der Waals surface area contributed by atoms with Crippen LogP contribution in [0.5, 0.6) is 11.6 Å². The fraction of sp³-hybridized carbons (Fsp3) is 0.423. The molecule has 2 saturated heterocycles. The van der Waals surface area contributed by atoms with E-state index in [4.69, 9.17) is 14.2 Å². The maximum Gasteiger partial charge on any atom is 0.218 e. The minimum absolute atomic E-state index is 0.0269. The quantitative estimate of drug-likeness (QED) is 0.510. The van der Waals surface area contributed by atoms with Crippen LogP contribution in [0.2, 0.25) is 0 Å². The van der Waals surface area contributed by atoms with Crippen LogP contribution in [-0.2, 0) is 4.74 Å². The van der Waals surface area contributed by atoms with E-state index in [2.05, 4.69) is 42.7 Å². The molecule has 10 heteroatoms. The number of nitrogens with one attached hydrogen (secondary N) is 2. The van der Waals surface area contributed by atoms with Crippen molar-refractivity contribution in [1.82, 2.24) is 25.3 Å². The van der Waals surface area contributed by atoms with Crippen LogP contribution in [-0.4, -0.2) is 59.5 Å². The van der Waals surface area contributed by atoms with Gasteiger partial charge in [-0.1, -0.05) is 0 Å². The number of nitrogens with zero attached hydrogens (tertiary/aromatic N) is 5. The molecule has 0 saturated carbocycles. The molecule has 10 nitrogen and oxygen atoms in total. The Balaban J connectivity index is 1.33. The zero-order chi connectivity index (χ0) is 24.7. The lowest BCUT2D eigenvalue weighted by molar-refractivity contribution is 0.0253. The van der Waals surface area contributed by atoms with Gasteiger partial charge in [0, 0.05) is 24.5 Å². The molecule has 0 aromatic carbocycles. The Morgan fingerprint density at radius 3 is 2.61 bits per heavy atom. The van der Waals surface area contributed by atoms with Crippen molar-refractivity contribution in [2.24, 2.45) is 0 Å². The maximum atomic E-state index is 9.68. The van der Waals surface area contributed by atoms with E-state index in [0.717, 1.165) is 44.3 Å². The lowest BCUT2D eigenvalue weighted by atomic mass is 9.91. The van der Waals surface area contributed by atoms with Gasteiger partial charge in [-0.05, 0) is 50.0 Å². The molecule has 0 unspecified atom stereocenters. The van der Waals surface area contributed by atoms with E-state index < -0.39 is 0 Å². The highest BCUT2D eigenvalue weighted by atomic mass is 16.5. The van der Waals surface area contributed by atoms with E-state index in [1.54, 1.807) is 25.4 Å². The molecular weight excluding hydrogens is 458 g/mol. The smallest absolute Gasteiger partial charge is 0.218 e. The van der Waals surface area contributed by atoms with E-state index in [9.17, 15) is 5.26 Å². The van der Waals surface area contributed by atoms with Crippen LogP contribution in [0.3, 0.4) is 0 Å². The van der Waals surface area contributed by atoms with E-state index in [0.29, 0.717) is 59.3 Å². The van der Waals surface area contributed by atoms with Crippen LogP contribution < -0.4 is 20.1 Å².